The summed E-state index contributed by atoms with van der Waals surface area (Å²) < 4.78 is 57.9. The predicted molar refractivity (Wildman–Crippen MR) is 86.3 cm³/mol. The molecular weight excluding hydrogens is 356 g/mol. The third kappa shape index (κ3) is 3.87. The number of sulfonamides is 1. The maximum Gasteiger partial charge on any atom is 0.307 e. The molecule has 0 bridgehead atoms. The third-order valence-corrected chi connectivity index (χ3v) is 5.30. The second kappa shape index (κ2) is 7.06. The molecule has 0 spiro atoms. The average Bonchev–Trinajstić information content (AvgIpc) is 2.56. The standard InChI is InChI=1S/C16H15F2NO5S/c1-19(11-4-5-12(17)13(18)9-11)25(22,23)15-7-10(8-16(20)21)3-6-14(15)24-2/h3-7,9H,8H2,1-2H3,(H,20,21). The molecule has 2 aromatic rings. The molecule has 2 rings (SSSR count). The van der Waals surface area contributed by atoms with Crippen molar-refractivity contribution in [3.63, 3.8) is 0 Å². The van der Waals surface area contributed by atoms with E-state index in [4.69, 9.17) is 9.84 Å². The fraction of sp³-hybridized carbons (Fsp3) is 0.188. The molecule has 25 heavy (non-hydrogen) atoms. The average molecular weight is 371 g/mol. The Morgan fingerprint density at radius 1 is 1.16 bits per heavy atom. The summed E-state index contributed by atoms with van der Waals surface area (Å²) in [5.41, 5.74) is 0.162. The number of rotatable bonds is 6. The van der Waals surface area contributed by atoms with Crippen LogP contribution in [0, 0.1) is 11.6 Å². The lowest BCUT2D eigenvalue weighted by molar-refractivity contribution is -0.136. The summed E-state index contributed by atoms with van der Waals surface area (Å²) in [5, 5.41) is 8.86. The smallest absolute Gasteiger partial charge is 0.307 e. The van der Waals surface area contributed by atoms with Gasteiger partial charge in [0, 0.05) is 13.1 Å². The number of ether oxygens (including phenoxy) is 1. The van der Waals surface area contributed by atoms with E-state index in [0.29, 0.717) is 0 Å². The zero-order chi connectivity index (χ0) is 18.8. The minimum absolute atomic E-state index is 0.00331. The number of hydrogen-bond donors (Lipinski definition) is 1. The largest absolute Gasteiger partial charge is 0.495 e. The second-order valence-electron chi connectivity index (χ2n) is 5.13. The van der Waals surface area contributed by atoms with Gasteiger partial charge in [0.2, 0.25) is 0 Å². The third-order valence-electron chi connectivity index (χ3n) is 3.49. The molecule has 0 aliphatic carbocycles. The van der Waals surface area contributed by atoms with Gasteiger partial charge in [-0.1, -0.05) is 6.07 Å². The molecule has 0 saturated carbocycles. The first-order valence-electron chi connectivity index (χ1n) is 6.99. The van der Waals surface area contributed by atoms with Crippen molar-refractivity contribution >= 4 is 21.7 Å². The van der Waals surface area contributed by atoms with Crippen LogP contribution in [0.4, 0.5) is 14.5 Å². The van der Waals surface area contributed by atoms with Crippen molar-refractivity contribution in [1.29, 1.82) is 0 Å². The van der Waals surface area contributed by atoms with Crippen LogP contribution in [0.3, 0.4) is 0 Å². The Bertz CT molecular complexity index is 915. The Morgan fingerprint density at radius 2 is 1.84 bits per heavy atom. The van der Waals surface area contributed by atoms with Crippen LogP contribution in [-0.2, 0) is 21.2 Å². The van der Waals surface area contributed by atoms with E-state index in [1.807, 2.05) is 0 Å². The van der Waals surface area contributed by atoms with Gasteiger partial charge in [-0.3, -0.25) is 9.10 Å². The maximum atomic E-state index is 13.4. The first kappa shape index (κ1) is 18.7. The Labute approximate surface area is 143 Å². The lowest BCUT2D eigenvalue weighted by Gasteiger charge is -2.21. The van der Waals surface area contributed by atoms with Gasteiger partial charge in [0.1, 0.15) is 10.6 Å². The zero-order valence-corrected chi connectivity index (χ0v) is 14.2. The number of halogens is 2. The van der Waals surface area contributed by atoms with Gasteiger partial charge < -0.3 is 9.84 Å². The highest BCUT2D eigenvalue weighted by Gasteiger charge is 2.26. The minimum atomic E-state index is -4.20. The molecule has 0 amide bonds. The summed E-state index contributed by atoms with van der Waals surface area (Å²) in [5.74, 6) is -3.41. The SMILES string of the molecule is COc1ccc(CC(=O)O)cc1S(=O)(=O)N(C)c1ccc(F)c(F)c1. The second-order valence-corrected chi connectivity index (χ2v) is 7.06. The highest BCUT2D eigenvalue weighted by atomic mass is 32.2. The number of carboxylic acids is 1. The molecule has 0 radical (unpaired) electrons. The van der Waals surface area contributed by atoms with Crippen LogP contribution in [0.5, 0.6) is 5.75 Å². The Kier molecular flexibility index (Phi) is 5.27. The van der Waals surface area contributed by atoms with Crippen LogP contribution in [0.25, 0.3) is 0 Å². The molecule has 1 N–H and O–H groups in total. The van der Waals surface area contributed by atoms with E-state index >= 15 is 0 Å². The molecule has 2 aromatic carbocycles. The summed E-state index contributed by atoms with van der Waals surface area (Å²) in [7, 11) is -1.76. The van der Waals surface area contributed by atoms with Crippen LogP contribution >= 0.6 is 0 Å². The number of carbonyl (C=O) groups is 1. The Morgan fingerprint density at radius 3 is 2.40 bits per heavy atom. The van der Waals surface area contributed by atoms with Crippen LogP contribution in [0.1, 0.15) is 5.56 Å². The number of hydrogen-bond acceptors (Lipinski definition) is 4. The summed E-state index contributed by atoms with van der Waals surface area (Å²) in [6.07, 6.45) is -0.374. The van der Waals surface area contributed by atoms with Gasteiger partial charge in [0.05, 0.1) is 19.2 Å². The van der Waals surface area contributed by atoms with E-state index in [2.05, 4.69) is 0 Å². The zero-order valence-electron chi connectivity index (χ0n) is 13.4. The number of anilines is 1. The molecule has 0 unspecified atom stereocenters. The Balaban J connectivity index is 2.53. The van der Waals surface area contributed by atoms with Gasteiger partial charge in [0.15, 0.2) is 11.6 Å². The molecular formula is C16H15F2NO5S. The van der Waals surface area contributed by atoms with E-state index in [0.717, 1.165) is 22.5 Å². The normalized spacial score (nSPS) is 11.2. The topological polar surface area (TPSA) is 83.9 Å². The number of benzene rings is 2. The van der Waals surface area contributed by atoms with Gasteiger partial charge >= 0.3 is 5.97 Å². The molecule has 0 aliphatic heterocycles. The first-order valence-corrected chi connectivity index (χ1v) is 8.43. The van der Waals surface area contributed by atoms with Gasteiger partial charge in [-0.25, -0.2) is 17.2 Å². The van der Waals surface area contributed by atoms with Crippen molar-refractivity contribution in [2.24, 2.45) is 0 Å². The van der Waals surface area contributed by atoms with Crippen LogP contribution < -0.4 is 9.04 Å². The monoisotopic (exact) mass is 371 g/mol. The summed E-state index contributed by atoms with van der Waals surface area (Å²) >= 11 is 0. The summed E-state index contributed by atoms with van der Waals surface area (Å²) in [6.45, 7) is 0. The predicted octanol–water partition coefficient (Wildman–Crippen LogP) is 2.43. The van der Waals surface area contributed by atoms with E-state index < -0.39 is 27.6 Å². The van der Waals surface area contributed by atoms with Crippen molar-refractivity contribution in [1.82, 2.24) is 0 Å². The van der Waals surface area contributed by atoms with Crippen LogP contribution in [0.15, 0.2) is 41.3 Å². The Hall–Kier alpha value is -2.68. The fourth-order valence-electron chi connectivity index (χ4n) is 2.17. The molecule has 0 aliphatic rings. The molecule has 0 fully saturated rings. The number of aliphatic carboxylic acids is 1. The van der Waals surface area contributed by atoms with Crippen molar-refractivity contribution in [2.45, 2.75) is 11.3 Å². The molecule has 0 aromatic heterocycles. The van der Waals surface area contributed by atoms with E-state index in [1.54, 1.807) is 0 Å². The van der Waals surface area contributed by atoms with Crippen molar-refractivity contribution in [3.05, 3.63) is 53.6 Å². The van der Waals surface area contributed by atoms with Crippen LogP contribution in [-0.4, -0.2) is 33.7 Å². The first-order chi connectivity index (χ1) is 11.7. The van der Waals surface area contributed by atoms with Crippen molar-refractivity contribution < 1.29 is 31.8 Å². The highest BCUT2D eigenvalue weighted by Crippen LogP contribution is 2.30. The van der Waals surface area contributed by atoms with Gasteiger partial charge in [-0.05, 0) is 29.8 Å². The number of methoxy groups -OCH3 is 1. The molecule has 0 saturated heterocycles. The molecule has 9 heteroatoms. The molecule has 0 heterocycles. The van der Waals surface area contributed by atoms with E-state index in [-0.39, 0.29) is 28.3 Å². The number of nitrogens with zero attached hydrogens (tertiary/aromatic N) is 1. The van der Waals surface area contributed by atoms with Crippen molar-refractivity contribution in [3.8, 4) is 5.75 Å². The van der Waals surface area contributed by atoms with Crippen LogP contribution in [0.2, 0.25) is 0 Å². The maximum absolute atomic E-state index is 13.4. The molecule has 6 nitrogen and oxygen atoms in total. The molecule has 0 atom stereocenters. The van der Waals surface area contributed by atoms with Gasteiger partial charge in [-0.2, -0.15) is 0 Å². The highest BCUT2D eigenvalue weighted by molar-refractivity contribution is 7.92. The minimum Gasteiger partial charge on any atom is -0.495 e. The quantitative estimate of drug-likeness (QED) is 0.843. The van der Waals surface area contributed by atoms with E-state index in [1.165, 1.54) is 32.4 Å². The fourth-order valence-corrected chi connectivity index (χ4v) is 3.57. The van der Waals surface area contributed by atoms with Crippen molar-refractivity contribution in [2.75, 3.05) is 18.5 Å². The van der Waals surface area contributed by atoms with Gasteiger partial charge in [-0.15, -0.1) is 0 Å². The lowest BCUT2D eigenvalue weighted by Crippen LogP contribution is -2.27. The number of carboxylic acid groups (broad SMARTS) is 1. The molecule has 134 valence electrons. The summed E-state index contributed by atoms with van der Waals surface area (Å²) in [6, 6.07) is 6.63. The lowest BCUT2D eigenvalue weighted by atomic mass is 10.1. The van der Waals surface area contributed by atoms with E-state index in [9.17, 15) is 22.0 Å². The van der Waals surface area contributed by atoms with Gasteiger partial charge in [0.25, 0.3) is 10.0 Å². The summed E-state index contributed by atoms with van der Waals surface area (Å²) in [4.78, 5) is 10.6.